The van der Waals surface area contributed by atoms with Gasteiger partial charge in [0.1, 0.15) is 0 Å². The average molecular weight is 277 g/mol. The van der Waals surface area contributed by atoms with Crippen molar-refractivity contribution in [3.05, 3.63) is 29.6 Å². The fourth-order valence-corrected chi connectivity index (χ4v) is 2.23. The van der Waals surface area contributed by atoms with Gasteiger partial charge in [0, 0.05) is 23.7 Å². The first-order chi connectivity index (χ1) is 9.19. The summed E-state index contributed by atoms with van der Waals surface area (Å²) in [6, 6.07) is 7.46. The lowest BCUT2D eigenvalue weighted by atomic mass is 10.1. The number of rotatable bonds is 5. The van der Waals surface area contributed by atoms with Gasteiger partial charge in [-0.1, -0.05) is 12.1 Å². The molecular formula is C13H15N3O2S. The van der Waals surface area contributed by atoms with Gasteiger partial charge in [0.15, 0.2) is 5.13 Å². The number of hydrogen-bond acceptors (Lipinski definition) is 5. The molecule has 0 unspecified atom stereocenters. The number of carbonyl (C=O) groups is 1. The summed E-state index contributed by atoms with van der Waals surface area (Å²) >= 11 is 1.40. The third kappa shape index (κ3) is 3.77. The minimum Gasteiger partial charge on any atom is -0.399 e. The molecule has 0 fully saturated rings. The van der Waals surface area contributed by atoms with Gasteiger partial charge in [-0.15, -0.1) is 11.3 Å². The van der Waals surface area contributed by atoms with Crippen LogP contribution in [0.4, 0.5) is 10.8 Å². The summed E-state index contributed by atoms with van der Waals surface area (Å²) in [4.78, 5) is 15.9. The van der Waals surface area contributed by atoms with Gasteiger partial charge in [-0.2, -0.15) is 0 Å². The Morgan fingerprint density at radius 2 is 2.16 bits per heavy atom. The van der Waals surface area contributed by atoms with E-state index in [0.29, 0.717) is 23.8 Å². The van der Waals surface area contributed by atoms with Crippen LogP contribution in [0.1, 0.15) is 6.42 Å². The van der Waals surface area contributed by atoms with Crippen molar-refractivity contribution < 1.29 is 9.53 Å². The number of nitrogens with zero attached hydrogens (tertiary/aromatic N) is 1. The Morgan fingerprint density at radius 3 is 2.84 bits per heavy atom. The van der Waals surface area contributed by atoms with Crippen molar-refractivity contribution in [1.82, 2.24) is 4.98 Å². The summed E-state index contributed by atoms with van der Waals surface area (Å²) in [7, 11) is 1.57. The topological polar surface area (TPSA) is 77.2 Å². The molecule has 1 aromatic heterocycles. The third-order valence-corrected chi connectivity index (χ3v) is 3.25. The molecule has 2 rings (SSSR count). The van der Waals surface area contributed by atoms with Crippen LogP contribution in [0.3, 0.4) is 0 Å². The Balaban J connectivity index is 2.02. The van der Waals surface area contributed by atoms with E-state index in [1.165, 1.54) is 11.3 Å². The lowest BCUT2D eigenvalue weighted by Gasteiger charge is -2.00. The molecule has 0 atom stereocenters. The maximum absolute atomic E-state index is 11.5. The molecule has 5 nitrogen and oxygen atoms in total. The summed E-state index contributed by atoms with van der Waals surface area (Å²) < 4.78 is 4.85. The zero-order valence-corrected chi connectivity index (χ0v) is 11.4. The number of nitrogens with two attached hydrogens (primary N) is 1. The van der Waals surface area contributed by atoms with Gasteiger partial charge >= 0.3 is 0 Å². The summed E-state index contributed by atoms with van der Waals surface area (Å²) in [5.41, 5.74) is 8.15. The first kappa shape index (κ1) is 13.5. The zero-order valence-electron chi connectivity index (χ0n) is 10.6. The molecule has 0 bridgehead atoms. The number of aromatic nitrogens is 1. The molecular weight excluding hydrogens is 262 g/mol. The van der Waals surface area contributed by atoms with Crippen LogP contribution in [0.15, 0.2) is 29.6 Å². The average Bonchev–Trinajstić information content (AvgIpc) is 2.85. The largest absolute Gasteiger partial charge is 0.399 e. The monoisotopic (exact) mass is 277 g/mol. The van der Waals surface area contributed by atoms with Crippen LogP contribution in [0, 0.1) is 0 Å². The van der Waals surface area contributed by atoms with E-state index < -0.39 is 0 Å². The molecule has 1 heterocycles. The highest BCUT2D eigenvalue weighted by Gasteiger charge is 2.07. The molecule has 19 heavy (non-hydrogen) atoms. The molecule has 0 aliphatic heterocycles. The maximum Gasteiger partial charge on any atom is 0.228 e. The molecule has 0 aliphatic rings. The van der Waals surface area contributed by atoms with Crippen LogP contribution in [0.25, 0.3) is 11.3 Å². The van der Waals surface area contributed by atoms with E-state index in [0.717, 1.165) is 11.3 Å². The van der Waals surface area contributed by atoms with Crippen molar-refractivity contribution in [3.8, 4) is 11.3 Å². The number of carbonyl (C=O) groups excluding carboxylic acids is 1. The molecule has 0 spiro atoms. The maximum atomic E-state index is 11.5. The van der Waals surface area contributed by atoms with Gasteiger partial charge in [-0.3, -0.25) is 4.79 Å². The molecule has 1 aromatic carbocycles. The van der Waals surface area contributed by atoms with Crippen LogP contribution < -0.4 is 11.1 Å². The van der Waals surface area contributed by atoms with Gasteiger partial charge in [0.25, 0.3) is 0 Å². The lowest BCUT2D eigenvalue weighted by molar-refractivity contribution is -0.117. The highest BCUT2D eigenvalue weighted by molar-refractivity contribution is 7.14. The van der Waals surface area contributed by atoms with E-state index in [4.69, 9.17) is 10.5 Å². The smallest absolute Gasteiger partial charge is 0.228 e. The van der Waals surface area contributed by atoms with Crippen molar-refractivity contribution in [3.63, 3.8) is 0 Å². The highest BCUT2D eigenvalue weighted by atomic mass is 32.1. The number of thiazole rings is 1. The number of amides is 1. The van der Waals surface area contributed by atoms with Crippen molar-refractivity contribution in [1.29, 1.82) is 0 Å². The minimum absolute atomic E-state index is 0.0972. The predicted molar refractivity (Wildman–Crippen MR) is 77.1 cm³/mol. The molecule has 1 amide bonds. The van der Waals surface area contributed by atoms with Gasteiger partial charge < -0.3 is 15.8 Å². The number of nitrogen functional groups attached to an aromatic ring is 1. The normalized spacial score (nSPS) is 10.4. The highest BCUT2D eigenvalue weighted by Crippen LogP contribution is 2.25. The van der Waals surface area contributed by atoms with Crippen molar-refractivity contribution in [2.24, 2.45) is 0 Å². The van der Waals surface area contributed by atoms with Crippen LogP contribution in [0.5, 0.6) is 0 Å². The van der Waals surface area contributed by atoms with E-state index in [2.05, 4.69) is 10.3 Å². The summed E-state index contributed by atoms with van der Waals surface area (Å²) in [6.45, 7) is 0.405. The number of nitrogens with one attached hydrogen (secondary N) is 1. The quantitative estimate of drug-likeness (QED) is 0.822. The Labute approximate surface area is 115 Å². The van der Waals surface area contributed by atoms with E-state index in [-0.39, 0.29) is 5.91 Å². The van der Waals surface area contributed by atoms with E-state index in [1.54, 1.807) is 7.11 Å². The summed E-state index contributed by atoms with van der Waals surface area (Å²) in [5.74, 6) is -0.0972. The fraction of sp³-hybridized carbons (Fsp3) is 0.231. The van der Waals surface area contributed by atoms with Crippen molar-refractivity contribution in [2.75, 3.05) is 24.8 Å². The number of hydrogen-bond donors (Lipinski definition) is 2. The lowest BCUT2D eigenvalue weighted by Crippen LogP contribution is -2.13. The molecule has 6 heteroatoms. The van der Waals surface area contributed by atoms with Crippen molar-refractivity contribution >= 4 is 28.1 Å². The Kier molecular flexibility index (Phi) is 4.48. The van der Waals surface area contributed by atoms with E-state index >= 15 is 0 Å². The molecule has 2 aromatic rings. The number of ether oxygens (including phenoxy) is 1. The second-order valence-corrected chi connectivity index (χ2v) is 4.81. The zero-order chi connectivity index (χ0) is 13.7. The SMILES string of the molecule is COCCC(=O)Nc1nc(-c2ccc(N)cc2)cs1. The first-order valence-electron chi connectivity index (χ1n) is 5.79. The third-order valence-electron chi connectivity index (χ3n) is 2.49. The van der Waals surface area contributed by atoms with Gasteiger partial charge in [0.2, 0.25) is 5.91 Å². The Hall–Kier alpha value is -1.92. The Morgan fingerprint density at radius 1 is 1.42 bits per heavy atom. The predicted octanol–water partition coefficient (Wildman–Crippen LogP) is 2.37. The van der Waals surface area contributed by atoms with Gasteiger partial charge in [-0.25, -0.2) is 4.98 Å². The Bertz CT molecular complexity index is 551. The van der Waals surface area contributed by atoms with Crippen LogP contribution in [-0.4, -0.2) is 24.6 Å². The molecule has 100 valence electrons. The van der Waals surface area contributed by atoms with Gasteiger partial charge in [-0.05, 0) is 12.1 Å². The van der Waals surface area contributed by atoms with Crippen molar-refractivity contribution in [2.45, 2.75) is 6.42 Å². The van der Waals surface area contributed by atoms with Crippen LogP contribution in [0.2, 0.25) is 0 Å². The van der Waals surface area contributed by atoms with E-state index in [9.17, 15) is 4.79 Å². The minimum atomic E-state index is -0.0972. The number of anilines is 2. The fourth-order valence-electron chi connectivity index (χ4n) is 1.49. The second-order valence-electron chi connectivity index (χ2n) is 3.95. The molecule has 0 saturated heterocycles. The van der Waals surface area contributed by atoms with E-state index in [1.807, 2.05) is 29.6 Å². The molecule has 3 N–H and O–H groups in total. The molecule has 0 aliphatic carbocycles. The summed E-state index contributed by atoms with van der Waals surface area (Å²) in [5, 5.41) is 5.23. The molecule has 0 saturated carbocycles. The first-order valence-corrected chi connectivity index (χ1v) is 6.67. The van der Waals surface area contributed by atoms with Crippen LogP contribution >= 0.6 is 11.3 Å². The number of methoxy groups -OCH3 is 1. The number of benzene rings is 1. The van der Waals surface area contributed by atoms with Gasteiger partial charge in [0.05, 0.1) is 18.7 Å². The standard InChI is InChI=1S/C13H15N3O2S/c1-18-7-6-12(17)16-13-15-11(8-19-13)9-2-4-10(14)5-3-9/h2-5,8H,6-7,14H2,1H3,(H,15,16,17). The molecule has 0 radical (unpaired) electrons. The van der Waals surface area contributed by atoms with Crippen LogP contribution in [-0.2, 0) is 9.53 Å². The second kappa shape index (κ2) is 6.31. The summed E-state index contributed by atoms with van der Waals surface area (Å²) in [6.07, 6.45) is 0.327.